The SMILES string of the molecule is COc1cc([C@@H]2CO2)cc(C)n1. The van der Waals surface area contributed by atoms with Crippen LogP contribution in [0.1, 0.15) is 17.4 Å². The molecule has 12 heavy (non-hydrogen) atoms. The molecule has 0 amide bonds. The van der Waals surface area contributed by atoms with Gasteiger partial charge in [0.05, 0.1) is 13.7 Å². The standard InChI is InChI=1S/C9H11NO2/c1-6-3-7(8-5-12-8)4-9(10-6)11-2/h3-4,8H,5H2,1-2H3/t8-/m0/s1. The van der Waals surface area contributed by atoms with Crippen molar-refractivity contribution in [2.45, 2.75) is 13.0 Å². The minimum Gasteiger partial charge on any atom is -0.481 e. The van der Waals surface area contributed by atoms with Crippen molar-refractivity contribution in [3.05, 3.63) is 23.4 Å². The summed E-state index contributed by atoms with van der Waals surface area (Å²) in [6.45, 7) is 2.78. The Hall–Kier alpha value is -1.09. The molecule has 1 fully saturated rings. The highest BCUT2D eigenvalue weighted by Gasteiger charge is 2.25. The van der Waals surface area contributed by atoms with E-state index in [0.717, 1.165) is 12.3 Å². The van der Waals surface area contributed by atoms with Crippen LogP contribution in [0.3, 0.4) is 0 Å². The maximum Gasteiger partial charge on any atom is 0.213 e. The Balaban J connectivity index is 2.34. The summed E-state index contributed by atoms with van der Waals surface area (Å²) >= 11 is 0. The number of hydrogen-bond donors (Lipinski definition) is 0. The molecule has 1 aromatic rings. The van der Waals surface area contributed by atoms with Gasteiger partial charge in [0.15, 0.2) is 0 Å². The summed E-state index contributed by atoms with van der Waals surface area (Å²) in [7, 11) is 1.62. The molecule has 0 radical (unpaired) electrons. The van der Waals surface area contributed by atoms with E-state index in [1.807, 2.05) is 19.1 Å². The normalized spacial score (nSPS) is 20.7. The third-order valence-electron chi connectivity index (χ3n) is 1.87. The molecule has 0 bridgehead atoms. The average molecular weight is 165 g/mol. The Bertz CT molecular complexity index is 295. The summed E-state index contributed by atoms with van der Waals surface area (Å²) < 4.78 is 10.2. The number of methoxy groups -OCH3 is 1. The molecule has 64 valence electrons. The van der Waals surface area contributed by atoms with Gasteiger partial charge in [0, 0.05) is 11.8 Å². The molecular formula is C9H11NO2. The molecule has 1 aliphatic heterocycles. The zero-order valence-corrected chi connectivity index (χ0v) is 7.20. The van der Waals surface area contributed by atoms with Crippen molar-refractivity contribution in [3.63, 3.8) is 0 Å². The van der Waals surface area contributed by atoms with Crippen molar-refractivity contribution >= 4 is 0 Å². The first-order valence-corrected chi connectivity index (χ1v) is 3.94. The largest absolute Gasteiger partial charge is 0.481 e. The Labute approximate surface area is 71.3 Å². The van der Waals surface area contributed by atoms with Gasteiger partial charge in [-0.05, 0) is 18.6 Å². The van der Waals surface area contributed by atoms with Crippen molar-refractivity contribution in [2.24, 2.45) is 0 Å². The molecule has 3 heteroatoms. The molecule has 0 unspecified atom stereocenters. The summed E-state index contributed by atoms with van der Waals surface area (Å²) in [5.41, 5.74) is 2.14. The van der Waals surface area contributed by atoms with Gasteiger partial charge >= 0.3 is 0 Å². The van der Waals surface area contributed by atoms with E-state index in [2.05, 4.69) is 4.98 Å². The Morgan fingerprint density at radius 3 is 2.92 bits per heavy atom. The molecule has 1 aliphatic rings. The van der Waals surface area contributed by atoms with Crippen molar-refractivity contribution in [1.82, 2.24) is 4.98 Å². The van der Waals surface area contributed by atoms with Crippen LogP contribution >= 0.6 is 0 Å². The summed E-state index contributed by atoms with van der Waals surface area (Å²) in [6, 6.07) is 3.95. The Morgan fingerprint density at radius 2 is 2.33 bits per heavy atom. The lowest BCUT2D eigenvalue weighted by molar-refractivity contribution is 0.391. The molecule has 1 aromatic heterocycles. The van der Waals surface area contributed by atoms with Crippen LogP contribution in [-0.2, 0) is 4.74 Å². The van der Waals surface area contributed by atoms with Gasteiger partial charge < -0.3 is 9.47 Å². The van der Waals surface area contributed by atoms with Crippen LogP contribution in [0.4, 0.5) is 0 Å². The molecule has 3 nitrogen and oxygen atoms in total. The number of nitrogens with zero attached hydrogens (tertiary/aromatic N) is 1. The molecule has 0 aliphatic carbocycles. The van der Waals surface area contributed by atoms with E-state index < -0.39 is 0 Å². The van der Waals surface area contributed by atoms with E-state index in [1.165, 1.54) is 5.56 Å². The van der Waals surface area contributed by atoms with Crippen LogP contribution < -0.4 is 4.74 Å². The second-order valence-electron chi connectivity index (χ2n) is 2.91. The topological polar surface area (TPSA) is 34.6 Å². The van der Waals surface area contributed by atoms with Gasteiger partial charge in [0.1, 0.15) is 6.10 Å². The van der Waals surface area contributed by atoms with Crippen LogP contribution in [0, 0.1) is 6.92 Å². The fourth-order valence-electron chi connectivity index (χ4n) is 1.19. The average Bonchev–Trinajstić information content (AvgIpc) is 2.85. The van der Waals surface area contributed by atoms with Crippen LogP contribution in [0.25, 0.3) is 0 Å². The second kappa shape index (κ2) is 2.75. The molecule has 1 atom stereocenters. The van der Waals surface area contributed by atoms with Crippen molar-refractivity contribution in [1.29, 1.82) is 0 Å². The first-order valence-electron chi connectivity index (χ1n) is 3.94. The lowest BCUT2D eigenvalue weighted by atomic mass is 10.2. The second-order valence-corrected chi connectivity index (χ2v) is 2.91. The maximum absolute atomic E-state index is 5.17. The number of aromatic nitrogens is 1. The monoisotopic (exact) mass is 165 g/mol. The highest BCUT2D eigenvalue weighted by molar-refractivity contribution is 5.28. The first kappa shape index (κ1) is 7.55. The number of aryl methyl sites for hydroxylation is 1. The molecule has 2 heterocycles. The van der Waals surface area contributed by atoms with E-state index >= 15 is 0 Å². The van der Waals surface area contributed by atoms with E-state index in [0.29, 0.717) is 5.88 Å². The maximum atomic E-state index is 5.17. The van der Waals surface area contributed by atoms with Crippen LogP contribution in [-0.4, -0.2) is 18.7 Å². The van der Waals surface area contributed by atoms with Gasteiger partial charge in [-0.2, -0.15) is 0 Å². The number of pyridine rings is 1. The van der Waals surface area contributed by atoms with Crippen molar-refractivity contribution in [3.8, 4) is 5.88 Å². The van der Waals surface area contributed by atoms with Crippen molar-refractivity contribution < 1.29 is 9.47 Å². The number of ether oxygens (including phenoxy) is 2. The predicted octanol–water partition coefficient (Wildman–Crippen LogP) is 1.47. The highest BCUT2D eigenvalue weighted by atomic mass is 16.6. The fraction of sp³-hybridized carbons (Fsp3) is 0.444. The number of epoxide rings is 1. The first-order chi connectivity index (χ1) is 5.79. The van der Waals surface area contributed by atoms with Crippen molar-refractivity contribution in [2.75, 3.05) is 13.7 Å². The molecule has 0 N–H and O–H groups in total. The molecule has 0 aromatic carbocycles. The minimum atomic E-state index is 0.278. The minimum absolute atomic E-state index is 0.278. The van der Waals surface area contributed by atoms with Gasteiger partial charge in [-0.1, -0.05) is 0 Å². The summed E-state index contributed by atoms with van der Waals surface area (Å²) in [5, 5.41) is 0. The molecule has 0 saturated carbocycles. The molecule has 2 rings (SSSR count). The van der Waals surface area contributed by atoms with E-state index in [1.54, 1.807) is 7.11 Å². The van der Waals surface area contributed by atoms with E-state index in [4.69, 9.17) is 9.47 Å². The van der Waals surface area contributed by atoms with Gasteiger partial charge in [0.25, 0.3) is 0 Å². The summed E-state index contributed by atoms with van der Waals surface area (Å²) in [4.78, 5) is 4.18. The summed E-state index contributed by atoms with van der Waals surface area (Å²) in [5.74, 6) is 0.667. The lowest BCUT2D eigenvalue weighted by Gasteiger charge is -2.02. The Kier molecular flexibility index (Phi) is 1.73. The molecule has 0 spiro atoms. The van der Waals surface area contributed by atoms with Crippen LogP contribution in [0.15, 0.2) is 12.1 Å². The van der Waals surface area contributed by atoms with E-state index in [9.17, 15) is 0 Å². The predicted molar refractivity (Wildman–Crippen MR) is 44.2 cm³/mol. The molecular weight excluding hydrogens is 154 g/mol. The quantitative estimate of drug-likeness (QED) is 0.622. The van der Waals surface area contributed by atoms with Gasteiger partial charge in [0.2, 0.25) is 5.88 Å². The number of rotatable bonds is 2. The summed E-state index contributed by atoms with van der Waals surface area (Å²) in [6.07, 6.45) is 0.278. The number of hydrogen-bond acceptors (Lipinski definition) is 3. The fourth-order valence-corrected chi connectivity index (χ4v) is 1.19. The van der Waals surface area contributed by atoms with Gasteiger partial charge in [-0.15, -0.1) is 0 Å². The third-order valence-corrected chi connectivity index (χ3v) is 1.87. The van der Waals surface area contributed by atoms with Gasteiger partial charge in [-0.3, -0.25) is 0 Å². The smallest absolute Gasteiger partial charge is 0.213 e. The van der Waals surface area contributed by atoms with E-state index in [-0.39, 0.29) is 6.10 Å². The zero-order chi connectivity index (χ0) is 8.55. The van der Waals surface area contributed by atoms with Crippen LogP contribution in [0.5, 0.6) is 5.88 Å². The third kappa shape index (κ3) is 1.41. The highest BCUT2D eigenvalue weighted by Crippen LogP contribution is 2.31. The molecule has 1 saturated heterocycles. The Morgan fingerprint density at radius 1 is 1.58 bits per heavy atom. The zero-order valence-electron chi connectivity index (χ0n) is 7.20. The van der Waals surface area contributed by atoms with Crippen LogP contribution in [0.2, 0.25) is 0 Å². The lowest BCUT2D eigenvalue weighted by Crippen LogP contribution is -1.92. The van der Waals surface area contributed by atoms with Gasteiger partial charge in [-0.25, -0.2) is 4.98 Å².